The first-order chi connectivity index (χ1) is 7.43. The average molecular weight is 284 g/mol. The lowest BCUT2D eigenvalue weighted by Gasteiger charge is -2.13. The number of hydrogen-bond donors (Lipinski definition) is 0. The zero-order valence-electron chi connectivity index (χ0n) is 9.53. The minimum absolute atomic E-state index is 0.419. The molecular formula is C12H14BrNO2. The molecule has 0 bridgehead atoms. The number of Topliss-reactive ketones (excluding diaryl/α,β-unsaturated/α-hetero) is 2. The molecule has 4 heteroatoms. The standard InChI is InChI=1S/C12H14BrNO2/c1-8(15)12(16)11(13)9-4-6-10(7-5-9)14(2)3/h4-7,11H,1-3H3. The molecule has 0 amide bonds. The zero-order valence-corrected chi connectivity index (χ0v) is 11.1. The fraction of sp³-hybridized carbons (Fsp3) is 0.333. The Kier molecular flexibility index (Phi) is 4.24. The number of ketones is 2. The highest BCUT2D eigenvalue weighted by molar-refractivity contribution is 9.09. The predicted octanol–water partition coefficient (Wildman–Crippen LogP) is 2.35. The van der Waals surface area contributed by atoms with E-state index in [0.717, 1.165) is 11.3 Å². The second kappa shape index (κ2) is 5.25. The Balaban J connectivity index is 2.89. The summed E-state index contributed by atoms with van der Waals surface area (Å²) < 4.78 is 0. The van der Waals surface area contributed by atoms with Crippen LogP contribution in [0.1, 0.15) is 17.3 Å². The van der Waals surface area contributed by atoms with Crippen molar-refractivity contribution in [3.8, 4) is 0 Å². The summed E-state index contributed by atoms with van der Waals surface area (Å²) in [4.78, 5) is 23.8. The second-order valence-electron chi connectivity index (χ2n) is 3.77. The van der Waals surface area contributed by atoms with Crippen molar-refractivity contribution in [3.05, 3.63) is 29.8 Å². The van der Waals surface area contributed by atoms with E-state index in [1.54, 1.807) is 0 Å². The van der Waals surface area contributed by atoms with E-state index in [1.165, 1.54) is 6.92 Å². The van der Waals surface area contributed by atoms with Crippen molar-refractivity contribution < 1.29 is 9.59 Å². The summed E-state index contributed by atoms with van der Waals surface area (Å²) in [6.07, 6.45) is 0. The number of nitrogens with zero attached hydrogens (tertiary/aromatic N) is 1. The van der Waals surface area contributed by atoms with E-state index < -0.39 is 16.4 Å². The van der Waals surface area contributed by atoms with Crippen LogP contribution in [0.15, 0.2) is 24.3 Å². The minimum atomic E-state index is -0.541. The van der Waals surface area contributed by atoms with Crippen molar-refractivity contribution in [1.29, 1.82) is 0 Å². The summed E-state index contributed by atoms with van der Waals surface area (Å²) in [7, 11) is 3.89. The average Bonchev–Trinajstić information content (AvgIpc) is 2.27. The van der Waals surface area contributed by atoms with Gasteiger partial charge in [0.1, 0.15) is 4.83 Å². The molecule has 86 valence electrons. The predicted molar refractivity (Wildman–Crippen MR) is 68.1 cm³/mol. The van der Waals surface area contributed by atoms with Gasteiger partial charge in [0.2, 0.25) is 5.78 Å². The van der Waals surface area contributed by atoms with Crippen LogP contribution in [-0.4, -0.2) is 25.7 Å². The molecule has 0 fully saturated rings. The highest BCUT2D eigenvalue weighted by Gasteiger charge is 2.20. The van der Waals surface area contributed by atoms with Crippen molar-refractivity contribution >= 4 is 33.2 Å². The van der Waals surface area contributed by atoms with E-state index in [2.05, 4.69) is 15.9 Å². The maximum absolute atomic E-state index is 11.5. The Labute approximate surface area is 104 Å². The maximum Gasteiger partial charge on any atom is 0.216 e. The van der Waals surface area contributed by atoms with E-state index in [0.29, 0.717) is 0 Å². The molecule has 0 heterocycles. The van der Waals surface area contributed by atoms with Gasteiger partial charge in [-0.05, 0) is 17.7 Å². The normalized spacial score (nSPS) is 12.0. The van der Waals surface area contributed by atoms with Crippen LogP contribution in [0.4, 0.5) is 5.69 Å². The third-order valence-corrected chi connectivity index (χ3v) is 3.22. The molecule has 3 nitrogen and oxygen atoms in total. The molecule has 0 N–H and O–H groups in total. The SMILES string of the molecule is CC(=O)C(=O)C(Br)c1ccc(N(C)C)cc1. The Morgan fingerprint density at radius 3 is 2.06 bits per heavy atom. The minimum Gasteiger partial charge on any atom is -0.378 e. The van der Waals surface area contributed by atoms with Crippen LogP contribution >= 0.6 is 15.9 Å². The van der Waals surface area contributed by atoms with Crippen LogP contribution in [0.2, 0.25) is 0 Å². The third kappa shape index (κ3) is 2.92. The van der Waals surface area contributed by atoms with Crippen molar-refractivity contribution in [2.45, 2.75) is 11.8 Å². The van der Waals surface area contributed by atoms with Gasteiger partial charge in [0.15, 0.2) is 5.78 Å². The molecule has 0 aromatic heterocycles. The third-order valence-electron chi connectivity index (χ3n) is 2.28. The number of alkyl halides is 1. The van der Waals surface area contributed by atoms with Gasteiger partial charge in [0.05, 0.1) is 0 Å². The van der Waals surface area contributed by atoms with Gasteiger partial charge in [0, 0.05) is 26.7 Å². The molecule has 1 unspecified atom stereocenters. The molecule has 0 aliphatic heterocycles. The molecular weight excluding hydrogens is 270 g/mol. The maximum atomic E-state index is 11.5. The number of carbonyl (C=O) groups is 2. The van der Waals surface area contributed by atoms with E-state index in [1.807, 2.05) is 43.3 Å². The smallest absolute Gasteiger partial charge is 0.216 e. The topological polar surface area (TPSA) is 37.4 Å². The van der Waals surface area contributed by atoms with Crippen LogP contribution in [-0.2, 0) is 9.59 Å². The van der Waals surface area contributed by atoms with Gasteiger partial charge in [-0.25, -0.2) is 0 Å². The molecule has 1 aromatic carbocycles. The molecule has 0 spiro atoms. The molecule has 0 saturated heterocycles. The first kappa shape index (κ1) is 12.9. The van der Waals surface area contributed by atoms with E-state index in [9.17, 15) is 9.59 Å². The first-order valence-electron chi connectivity index (χ1n) is 4.89. The van der Waals surface area contributed by atoms with E-state index >= 15 is 0 Å². The van der Waals surface area contributed by atoms with Gasteiger partial charge in [-0.1, -0.05) is 28.1 Å². The zero-order chi connectivity index (χ0) is 12.3. The van der Waals surface area contributed by atoms with Crippen molar-refractivity contribution in [2.75, 3.05) is 19.0 Å². The van der Waals surface area contributed by atoms with Crippen LogP contribution in [0, 0.1) is 0 Å². The highest BCUT2D eigenvalue weighted by Crippen LogP contribution is 2.25. The van der Waals surface area contributed by atoms with Gasteiger partial charge in [0.25, 0.3) is 0 Å². The largest absolute Gasteiger partial charge is 0.378 e. The highest BCUT2D eigenvalue weighted by atomic mass is 79.9. The number of hydrogen-bond acceptors (Lipinski definition) is 3. The molecule has 0 radical (unpaired) electrons. The molecule has 1 atom stereocenters. The van der Waals surface area contributed by atoms with Gasteiger partial charge in [-0.3, -0.25) is 9.59 Å². The first-order valence-corrected chi connectivity index (χ1v) is 5.81. The number of carbonyl (C=O) groups excluding carboxylic acids is 2. The lowest BCUT2D eigenvalue weighted by atomic mass is 10.1. The fourth-order valence-electron chi connectivity index (χ4n) is 1.27. The lowest BCUT2D eigenvalue weighted by molar-refractivity contribution is -0.135. The number of rotatable bonds is 4. The van der Waals surface area contributed by atoms with E-state index in [4.69, 9.17) is 0 Å². The van der Waals surface area contributed by atoms with Gasteiger partial charge in [-0.15, -0.1) is 0 Å². The summed E-state index contributed by atoms with van der Waals surface area (Å²) in [6, 6.07) is 7.51. The Hall–Kier alpha value is -1.16. The summed E-state index contributed by atoms with van der Waals surface area (Å²) >= 11 is 3.23. The van der Waals surface area contributed by atoms with Crippen molar-refractivity contribution in [2.24, 2.45) is 0 Å². The summed E-state index contributed by atoms with van der Waals surface area (Å²) in [5.41, 5.74) is 1.85. The van der Waals surface area contributed by atoms with Gasteiger partial charge < -0.3 is 4.90 Å². The Morgan fingerprint density at radius 1 is 1.19 bits per heavy atom. The Morgan fingerprint density at radius 2 is 1.69 bits per heavy atom. The van der Waals surface area contributed by atoms with E-state index in [-0.39, 0.29) is 0 Å². The van der Waals surface area contributed by atoms with Crippen LogP contribution in [0.5, 0.6) is 0 Å². The molecule has 0 aliphatic rings. The second-order valence-corrected chi connectivity index (χ2v) is 4.68. The molecule has 0 aliphatic carbocycles. The molecule has 16 heavy (non-hydrogen) atoms. The summed E-state index contributed by atoms with van der Waals surface area (Å²) in [5, 5.41) is 0. The monoisotopic (exact) mass is 283 g/mol. The number of benzene rings is 1. The fourth-order valence-corrected chi connectivity index (χ4v) is 1.90. The van der Waals surface area contributed by atoms with Crippen LogP contribution < -0.4 is 4.90 Å². The molecule has 1 aromatic rings. The number of anilines is 1. The molecule has 1 rings (SSSR count). The number of halogens is 1. The quantitative estimate of drug-likeness (QED) is 0.629. The van der Waals surface area contributed by atoms with Gasteiger partial charge >= 0.3 is 0 Å². The summed E-state index contributed by atoms with van der Waals surface area (Å²) in [6.45, 7) is 1.28. The van der Waals surface area contributed by atoms with Gasteiger partial charge in [-0.2, -0.15) is 0 Å². The van der Waals surface area contributed by atoms with Crippen LogP contribution in [0.3, 0.4) is 0 Å². The Bertz CT molecular complexity index is 398. The van der Waals surface area contributed by atoms with Crippen molar-refractivity contribution in [1.82, 2.24) is 0 Å². The van der Waals surface area contributed by atoms with Crippen LogP contribution in [0.25, 0.3) is 0 Å². The lowest BCUT2D eigenvalue weighted by Crippen LogP contribution is -2.15. The van der Waals surface area contributed by atoms with Crippen molar-refractivity contribution in [3.63, 3.8) is 0 Å². The molecule has 0 saturated carbocycles. The summed E-state index contributed by atoms with van der Waals surface area (Å²) in [5.74, 6) is -0.851.